The van der Waals surface area contributed by atoms with E-state index in [1.165, 1.54) is 12.1 Å². The number of hydrogen-bond donors (Lipinski definition) is 1. The molecule has 1 amide bonds. The van der Waals surface area contributed by atoms with Crippen LogP contribution in [0.1, 0.15) is 44.7 Å². The van der Waals surface area contributed by atoms with Gasteiger partial charge in [-0.05, 0) is 55.7 Å². The van der Waals surface area contributed by atoms with E-state index >= 15 is 0 Å². The molecule has 0 bridgehead atoms. The van der Waals surface area contributed by atoms with Crippen LogP contribution < -0.4 is 4.67 Å². The lowest BCUT2D eigenvalue weighted by Crippen LogP contribution is -2.59. The Kier molecular flexibility index (Phi) is 7.94. The fourth-order valence-electron chi connectivity index (χ4n) is 5.65. The predicted octanol–water partition coefficient (Wildman–Crippen LogP) is 7.05. The van der Waals surface area contributed by atoms with Crippen LogP contribution in [0, 0.1) is 5.82 Å². The number of aromatic nitrogens is 1. The van der Waals surface area contributed by atoms with E-state index in [9.17, 15) is 14.1 Å². The Morgan fingerprint density at radius 2 is 1.80 bits per heavy atom. The number of carbonyl (C=O) groups excluding carboxylic acids is 1. The molecule has 0 radical (unpaired) electrons. The zero-order valence-electron chi connectivity index (χ0n) is 23.9. The van der Waals surface area contributed by atoms with Crippen LogP contribution in [0.2, 0.25) is 5.02 Å². The molecule has 1 saturated heterocycles. The number of amidine groups is 1. The normalized spacial score (nSPS) is 22.5. The van der Waals surface area contributed by atoms with E-state index in [4.69, 9.17) is 21.3 Å². The molecule has 5 rings (SSSR count). The number of pyridine rings is 1. The Morgan fingerprint density at radius 3 is 2.49 bits per heavy atom. The number of amides is 1. The Balaban J connectivity index is 1.73. The van der Waals surface area contributed by atoms with E-state index in [2.05, 4.69) is 25.3 Å². The molecule has 3 heterocycles. The van der Waals surface area contributed by atoms with Crippen LogP contribution in [-0.4, -0.2) is 63.3 Å². The van der Waals surface area contributed by atoms with Gasteiger partial charge < -0.3 is 9.80 Å². The smallest absolute Gasteiger partial charge is 0.346 e. The molecule has 214 valence electrons. The third-order valence-corrected chi connectivity index (χ3v) is 9.71. The average molecular weight is 595 g/mol. The van der Waals surface area contributed by atoms with Crippen molar-refractivity contribution in [3.8, 4) is 11.3 Å². The predicted molar refractivity (Wildman–Crippen MR) is 166 cm³/mol. The number of nitrogens with zero attached hydrogens (tertiary/aromatic N) is 5. The van der Waals surface area contributed by atoms with E-state index in [1.54, 1.807) is 35.8 Å². The van der Waals surface area contributed by atoms with Crippen LogP contribution in [0.25, 0.3) is 11.3 Å². The molecule has 7 nitrogen and oxygen atoms in total. The molecule has 41 heavy (non-hydrogen) atoms. The monoisotopic (exact) mass is 594 g/mol. The first-order chi connectivity index (χ1) is 19.4. The van der Waals surface area contributed by atoms with Gasteiger partial charge in [0.25, 0.3) is 0 Å². The summed E-state index contributed by atoms with van der Waals surface area (Å²) in [7, 11) is -3.23. The standard InChI is InChI=1S/C31H35ClFN5O2P/c1-7-28(39)36-17-21(5)37(18-20(36)4)31-24-16-25(32)29(23-13-8-10-14-26(23)33)34-30(24)38(41(6,40)35-31)27-15-11-9-12-22(27)19(2)3/h7-16,19-21,40H,1,17-18H2,2-6H3/q+1/t20-,21+,41?/m1/s1. The van der Waals surface area contributed by atoms with Crippen LogP contribution in [0.5, 0.6) is 0 Å². The zero-order valence-corrected chi connectivity index (χ0v) is 25.6. The Hall–Kier alpha value is -3.32. The molecule has 2 aromatic carbocycles. The van der Waals surface area contributed by atoms with Crippen molar-refractivity contribution >= 4 is 42.6 Å². The molecule has 1 aromatic heterocycles. The highest BCUT2D eigenvalue weighted by atomic mass is 35.5. The van der Waals surface area contributed by atoms with Crippen LogP contribution >= 0.6 is 19.4 Å². The second kappa shape index (κ2) is 11.2. The van der Waals surface area contributed by atoms with E-state index in [-0.39, 0.29) is 34.5 Å². The highest BCUT2D eigenvalue weighted by molar-refractivity contribution is 7.70. The highest BCUT2D eigenvalue weighted by Gasteiger charge is 2.50. The highest BCUT2D eigenvalue weighted by Crippen LogP contribution is 2.65. The van der Waals surface area contributed by atoms with E-state index in [1.807, 2.05) is 42.8 Å². The number of halogens is 2. The molecule has 2 aliphatic heterocycles. The molecule has 10 heteroatoms. The van der Waals surface area contributed by atoms with Gasteiger partial charge in [0.15, 0.2) is 11.7 Å². The molecule has 2 aliphatic rings. The summed E-state index contributed by atoms with van der Waals surface area (Å²) >= 11 is 6.83. The van der Waals surface area contributed by atoms with Gasteiger partial charge in [-0.2, -0.15) is 4.67 Å². The number of benzene rings is 2. The number of hydrogen-bond acceptors (Lipinski definition) is 6. The lowest BCUT2D eigenvalue weighted by molar-refractivity contribution is -0.130. The van der Waals surface area contributed by atoms with Crippen molar-refractivity contribution in [1.82, 2.24) is 14.8 Å². The molecule has 3 atom stereocenters. The molecular formula is C31H35ClFN5O2P+. The van der Waals surface area contributed by atoms with Gasteiger partial charge in [0, 0.05) is 30.7 Å². The van der Waals surface area contributed by atoms with Crippen molar-refractivity contribution < 1.29 is 14.1 Å². The van der Waals surface area contributed by atoms with Crippen molar-refractivity contribution in [1.29, 1.82) is 0 Å². The number of fused-ring (bicyclic) bond motifs is 1. The lowest BCUT2D eigenvalue weighted by atomic mass is 10.0. The SMILES string of the molecule is C=CC(=O)N1C[C@H](C)N(C2=N[P+](C)(O)N(c3ccccc3C(C)C)c3nc(-c4ccccc4F)c(Cl)cc32)C[C@H]1C. The molecule has 3 aromatic rings. The third-order valence-electron chi connectivity index (χ3n) is 7.69. The molecule has 1 fully saturated rings. The van der Waals surface area contributed by atoms with Gasteiger partial charge >= 0.3 is 7.79 Å². The quantitative estimate of drug-likeness (QED) is 0.259. The van der Waals surface area contributed by atoms with Gasteiger partial charge in [-0.25, -0.2) is 14.3 Å². The minimum atomic E-state index is -3.23. The lowest BCUT2D eigenvalue weighted by Gasteiger charge is -2.46. The first-order valence-corrected chi connectivity index (χ1v) is 16.2. The summed E-state index contributed by atoms with van der Waals surface area (Å²) in [4.78, 5) is 33.5. The molecule has 1 N–H and O–H groups in total. The Morgan fingerprint density at radius 1 is 1.12 bits per heavy atom. The van der Waals surface area contributed by atoms with Crippen molar-refractivity contribution in [2.24, 2.45) is 4.76 Å². The molecule has 0 saturated carbocycles. The number of rotatable bonds is 4. The zero-order chi connectivity index (χ0) is 29.6. The Labute approximate surface area is 246 Å². The third kappa shape index (κ3) is 5.25. The van der Waals surface area contributed by atoms with Crippen molar-refractivity contribution in [3.05, 3.63) is 89.2 Å². The summed E-state index contributed by atoms with van der Waals surface area (Å²) in [6.07, 6.45) is 1.33. The average Bonchev–Trinajstić information content (AvgIpc) is 2.93. The van der Waals surface area contributed by atoms with E-state index in [0.29, 0.717) is 36.0 Å². The maximum Gasteiger partial charge on any atom is 0.358 e. The topological polar surface area (TPSA) is 72.3 Å². The van der Waals surface area contributed by atoms with E-state index in [0.717, 1.165) is 11.3 Å². The van der Waals surface area contributed by atoms with Gasteiger partial charge in [0.2, 0.25) is 5.91 Å². The summed E-state index contributed by atoms with van der Waals surface area (Å²) in [5.41, 5.74) is 3.03. The fraction of sp³-hybridized carbons (Fsp3) is 0.323. The van der Waals surface area contributed by atoms with Crippen LogP contribution in [-0.2, 0) is 4.79 Å². The number of anilines is 2. The number of para-hydroxylation sites is 1. The van der Waals surface area contributed by atoms with Gasteiger partial charge in [0.1, 0.15) is 12.5 Å². The second-order valence-electron chi connectivity index (χ2n) is 11.0. The van der Waals surface area contributed by atoms with Gasteiger partial charge in [-0.3, -0.25) is 4.79 Å². The number of carbonyl (C=O) groups is 1. The van der Waals surface area contributed by atoms with Gasteiger partial charge in [-0.1, -0.05) is 67.1 Å². The molecule has 0 spiro atoms. The molecular weight excluding hydrogens is 560 g/mol. The fourth-order valence-corrected chi connectivity index (χ4v) is 7.68. The maximum atomic E-state index is 15.0. The summed E-state index contributed by atoms with van der Waals surface area (Å²) < 4.78 is 21.8. The summed E-state index contributed by atoms with van der Waals surface area (Å²) in [6.45, 7) is 14.5. The van der Waals surface area contributed by atoms with Crippen LogP contribution in [0.3, 0.4) is 0 Å². The van der Waals surface area contributed by atoms with Crippen molar-refractivity contribution in [3.63, 3.8) is 0 Å². The minimum Gasteiger partial charge on any atom is -0.346 e. The van der Waals surface area contributed by atoms with Crippen LogP contribution in [0.4, 0.5) is 15.9 Å². The first kappa shape index (κ1) is 29.2. The van der Waals surface area contributed by atoms with Gasteiger partial charge in [-0.15, -0.1) is 0 Å². The van der Waals surface area contributed by atoms with Crippen molar-refractivity contribution in [2.75, 3.05) is 24.4 Å². The van der Waals surface area contributed by atoms with Gasteiger partial charge in [0.05, 0.1) is 22.0 Å². The van der Waals surface area contributed by atoms with Crippen LogP contribution in [0.15, 0.2) is 72.0 Å². The first-order valence-electron chi connectivity index (χ1n) is 13.7. The maximum absolute atomic E-state index is 15.0. The number of piperazine rings is 1. The summed E-state index contributed by atoms with van der Waals surface area (Å²) in [6, 6.07) is 15.8. The molecule has 1 unspecified atom stereocenters. The summed E-state index contributed by atoms with van der Waals surface area (Å²) in [5.74, 6) is 0.636. The van der Waals surface area contributed by atoms with Crippen molar-refractivity contribution in [2.45, 2.75) is 45.7 Å². The second-order valence-corrected chi connectivity index (χ2v) is 13.8. The van der Waals surface area contributed by atoms with E-state index < -0.39 is 13.6 Å². The largest absolute Gasteiger partial charge is 0.358 e. The Bertz CT molecular complexity index is 1540. The summed E-state index contributed by atoms with van der Waals surface area (Å²) in [5, 5.41) is 0.277. The molecule has 0 aliphatic carbocycles. The minimum absolute atomic E-state index is 0.110.